The van der Waals surface area contributed by atoms with Crippen LogP contribution in [0.25, 0.3) is 0 Å². The summed E-state index contributed by atoms with van der Waals surface area (Å²) in [4.78, 5) is 4.62. The second-order valence-electron chi connectivity index (χ2n) is 6.02. The molecule has 0 fully saturated rings. The number of ether oxygens (including phenoxy) is 1. The van der Waals surface area contributed by atoms with E-state index in [4.69, 9.17) is 4.74 Å². The summed E-state index contributed by atoms with van der Waals surface area (Å²) in [7, 11) is 1.70. The molecule has 1 unspecified atom stereocenters. The SMILES string of the molecule is CCCCCCCC(CCCCC)c1ccc(OC)cn1. The first-order valence-corrected chi connectivity index (χ1v) is 8.81. The van der Waals surface area contributed by atoms with Crippen molar-refractivity contribution in [3.05, 3.63) is 24.0 Å². The maximum atomic E-state index is 5.21. The van der Waals surface area contributed by atoms with Gasteiger partial charge in [-0.3, -0.25) is 4.98 Å². The van der Waals surface area contributed by atoms with Crippen molar-refractivity contribution in [2.75, 3.05) is 7.11 Å². The highest BCUT2D eigenvalue weighted by Crippen LogP contribution is 2.28. The van der Waals surface area contributed by atoms with E-state index >= 15 is 0 Å². The van der Waals surface area contributed by atoms with Crippen molar-refractivity contribution in [2.45, 2.75) is 84.0 Å². The van der Waals surface area contributed by atoms with Gasteiger partial charge in [0.15, 0.2) is 0 Å². The quantitative estimate of drug-likeness (QED) is 0.433. The normalized spacial score (nSPS) is 12.3. The molecular formula is C19H33NO. The molecule has 120 valence electrons. The van der Waals surface area contributed by atoms with Gasteiger partial charge in [-0.15, -0.1) is 0 Å². The standard InChI is InChI=1S/C19H33NO/c1-4-6-8-9-11-13-17(12-10-7-5-2)19-15-14-18(21-3)16-20-19/h14-17H,4-13H2,1-3H3. The summed E-state index contributed by atoms with van der Waals surface area (Å²) in [5.41, 5.74) is 1.25. The first-order chi connectivity index (χ1) is 10.3. The Morgan fingerprint density at radius 1 is 0.905 bits per heavy atom. The number of pyridine rings is 1. The van der Waals surface area contributed by atoms with Crippen LogP contribution in [-0.2, 0) is 0 Å². The Hall–Kier alpha value is -1.05. The van der Waals surface area contributed by atoms with Crippen LogP contribution in [0.5, 0.6) is 5.75 Å². The van der Waals surface area contributed by atoms with Crippen LogP contribution in [0, 0.1) is 0 Å². The van der Waals surface area contributed by atoms with Gasteiger partial charge >= 0.3 is 0 Å². The molecule has 0 saturated heterocycles. The number of nitrogens with zero attached hydrogens (tertiary/aromatic N) is 1. The maximum Gasteiger partial charge on any atom is 0.137 e. The van der Waals surface area contributed by atoms with Crippen LogP contribution in [-0.4, -0.2) is 12.1 Å². The van der Waals surface area contributed by atoms with E-state index in [1.165, 1.54) is 69.9 Å². The molecule has 0 spiro atoms. The van der Waals surface area contributed by atoms with Crippen molar-refractivity contribution in [1.82, 2.24) is 4.98 Å². The van der Waals surface area contributed by atoms with E-state index in [-0.39, 0.29) is 0 Å². The van der Waals surface area contributed by atoms with Gasteiger partial charge in [-0.2, -0.15) is 0 Å². The Morgan fingerprint density at radius 2 is 1.52 bits per heavy atom. The van der Waals surface area contributed by atoms with E-state index in [0.717, 1.165) is 5.75 Å². The third-order valence-corrected chi connectivity index (χ3v) is 4.23. The van der Waals surface area contributed by atoms with Crippen LogP contribution in [0.15, 0.2) is 18.3 Å². The zero-order valence-corrected chi connectivity index (χ0v) is 14.2. The van der Waals surface area contributed by atoms with Crippen molar-refractivity contribution in [3.63, 3.8) is 0 Å². The molecule has 2 nitrogen and oxygen atoms in total. The number of unbranched alkanes of at least 4 members (excludes halogenated alkanes) is 6. The molecule has 1 aromatic rings. The lowest BCUT2D eigenvalue weighted by Gasteiger charge is -2.16. The fourth-order valence-electron chi connectivity index (χ4n) is 2.83. The summed E-state index contributed by atoms with van der Waals surface area (Å²) < 4.78 is 5.21. The van der Waals surface area contributed by atoms with Gasteiger partial charge in [0.25, 0.3) is 0 Å². The third-order valence-electron chi connectivity index (χ3n) is 4.23. The number of hydrogen-bond acceptors (Lipinski definition) is 2. The molecule has 0 aliphatic heterocycles. The molecular weight excluding hydrogens is 258 g/mol. The minimum absolute atomic E-state index is 0.629. The molecule has 1 aromatic heterocycles. The Labute approximate surface area is 131 Å². The van der Waals surface area contributed by atoms with Crippen molar-refractivity contribution >= 4 is 0 Å². The summed E-state index contributed by atoms with van der Waals surface area (Å²) >= 11 is 0. The molecule has 0 aromatic carbocycles. The smallest absolute Gasteiger partial charge is 0.137 e. The Morgan fingerprint density at radius 3 is 2.10 bits per heavy atom. The van der Waals surface area contributed by atoms with Gasteiger partial charge in [0, 0.05) is 11.6 Å². The third kappa shape index (κ3) is 7.50. The lowest BCUT2D eigenvalue weighted by Crippen LogP contribution is -2.02. The zero-order valence-electron chi connectivity index (χ0n) is 14.2. The maximum absolute atomic E-state index is 5.21. The lowest BCUT2D eigenvalue weighted by molar-refractivity contribution is 0.411. The minimum atomic E-state index is 0.629. The number of methoxy groups -OCH3 is 1. The van der Waals surface area contributed by atoms with Crippen molar-refractivity contribution < 1.29 is 4.74 Å². The minimum Gasteiger partial charge on any atom is -0.495 e. The van der Waals surface area contributed by atoms with Crippen LogP contribution in [0.4, 0.5) is 0 Å². The second-order valence-corrected chi connectivity index (χ2v) is 6.02. The second kappa shape index (κ2) is 11.6. The van der Waals surface area contributed by atoms with E-state index < -0.39 is 0 Å². The number of hydrogen-bond donors (Lipinski definition) is 0. The van der Waals surface area contributed by atoms with Gasteiger partial charge in [-0.25, -0.2) is 0 Å². The summed E-state index contributed by atoms with van der Waals surface area (Å²) in [6, 6.07) is 4.20. The number of aromatic nitrogens is 1. The van der Waals surface area contributed by atoms with Gasteiger partial charge in [-0.05, 0) is 25.0 Å². The molecule has 1 atom stereocenters. The molecule has 21 heavy (non-hydrogen) atoms. The largest absolute Gasteiger partial charge is 0.495 e. The molecule has 0 aliphatic carbocycles. The summed E-state index contributed by atoms with van der Waals surface area (Å²) in [6.07, 6.45) is 15.2. The summed E-state index contributed by atoms with van der Waals surface area (Å²) in [5.74, 6) is 1.48. The molecule has 0 bridgehead atoms. The molecule has 1 heterocycles. The molecule has 0 aliphatic rings. The highest BCUT2D eigenvalue weighted by atomic mass is 16.5. The monoisotopic (exact) mass is 291 g/mol. The summed E-state index contributed by atoms with van der Waals surface area (Å²) in [6.45, 7) is 4.54. The van der Waals surface area contributed by atoms with Gasteiger partial charge < -0.3 is 4.74 Å². The Kier molecular flexibility index (Phi) is 9.94. The van der Waals surface area contributed by atoms with E-state index in [0.29, 0.717) is 5.92 Å². The highest BCUT2D eigenvalue weighted by Gasteiger charge is 2.12. The average Bonchev–Trinajstić information content (AvgIpc) is 2.53. The fourth-order valence-corrected chi connectivity index (χ4v) is 2.83. The van der Waals surface area contributed by atoms with Gasteiger partial charge in [0.05, 0.1) is 13.3 Å². The van der Waals surface area contributed by atoms with Crippen LogP contribution >= 0.6 is 0 Å². The zero-order chi connectivity index (χ0) is 15.3. The van der Waals surface area contributed by atoms with Crippen molar-refractivity contribution in [1.29, 1.82) is 0 Å². The molecule has 1 rings (SSSR count). The summed E-state index contributed by atoms with van der Waals surface area (Å²) in [5, 5.41) is 0. The Balaban J connectivity index is 2.49. The van der Waals surface area contributed by atoms with Crippen LogP contribution in [0.3, 0.4) is 0 Å². The van der Waals surface area contributed by atoms with E-state index in [1.807, 2.05) is 12.3 Å². The lowest BCUT2D eigenvalue weighted by atomic mass is 9.91. The molecule has 0 N–H and O–H groups in total. The van der Waals surface area contributed by atoms with Crippen molar-refractivity contribution in [2.24, 2.45) is 0 Å². The van der Waals surface area contributed by atoms with Gasteiger partial charge in [-0.1, -0.05) is 65.2 Å². The molecule has 2 heteroatoms. The topological polar surface area (TPSA) is 22.1 Å². The number of rotatable bonds is 12. The van der Waals surface area contributed by atoms with Crippen molar-refractivity contribution in [3.8, 4) is 5.75 Å². The van der Waals surface area contributed by atoms with Gasteiger partial charge in [0.2, 0.25) is 0 Å². The first kappa shape index (κ1) is 18.0. The first-order valence-electron chi connectivity index (χ1n) is 8.81. The van der Waals surface area contributed by atoms with E-state index in [1.54, 1.807) is 7.11 Å². The fraction of sp³-hybridized carbons (Fsp3) is 0.737. The molecule has 0 saturated carbocycles. The van der Waals surface area contributed by atoms with Gasteiger partial charge in [0.1, 0.15) is 5.75 Å². The van der Waals surface area contributed by atoms with E-state index in [9.17, 15) is 0 Å². The predicted molar refractivity (Wildman–Crippen MR) is 91.0 cm³/mol. The van der Waals surface area contributed by atoms with E-state index in [2.05, 4.69) is 24.9 Å². The highest BCUT2D eigenvalue weighted by molar-refractivity contribution is 5.21. The van der Waals surface area contributed by atoms with Crippen LogP contribution in [0.1, 0.15) is 89.7 Å². The Bertz CT molecular complexity index is 347. The predicted octanol–water partition coefficient (Wildman–Crippen LogP) is 6.11. The average molecular weight is 291 g/mol. The van der Waals surface area contributed by atoms with Crippen LogP contribution < -0.4 is 4.74 Å². The van der Waals surface area contributed by atoms with Crippen LogP contribution in [0.2, 0.25) is 0 Å². The molecule has 0 amide bonds. The molecule has 0 radical (unpaired) electrons.